The van der Waals surface area contributed by atoms with E-state index in [0.717, 1.165) is 5.82 Å². The summed E-state index contributed by atoms with van der Waals surface area (Å²) in [5.74, 6) is 1.08. The molecular formula is C14H17F2N3O. The van der Waals surface area contributed by atoms with Gasteiger partial charge in [0.25, 0.3) is 0 Å². The predicted octanol–water partition coefficient (Wildman–Crippen LogP) is 2.87. The molecule has 1 atom stereocenters. The number of imidazole rings is 1. The van der Waals surface area contributed by atoms with Gasteiger partial charge in [-0.1, -0.05) is 18.2 Å². The zero-order valence-electron chi connectivity index (χ0n) is 11.4. The minimum atomic E-state index is -2.82. The summed E-state index contributed by atoms with van der Waals surface area (Å²) in [7, 11) is 1.91. The maximum absolute atomic E-state index is 12.3. The van der Waals surface area contributed by atoms with Crippen LogP contribution < -0.4 is 10.1 Å². The highest BCUT2D eigenvalue weighted by atomic mass is 19.3. The van der Waals surface area contributed by atoms with Crippen molar-refractivity contribution in [3.05, 3.63) is 48.0 Å². The number of nitrogens with one attached hydrogen (secondary N) is 1. The van der Waals surface area contributed by atoms with Crippen molar-refractivity contribution in [2.75, 3.05) is 0 Å². The minimum absolute atomic E-state index is 0.00889. The molecular weight excluding hydrogens is 264 g/mol. The molecule has 0 bridgehead atoms. The van der Waals surface area contributed by atoms with Crippen LogP contribution in [-0.2, 0) is 13.6 Å². The Bertz CT molecular complexity index is 557. The second-order valence-corrected chi connectivity index (χ2v) is 4.49. The van der Waals surface area contributed by atoms with Gasteiger partial charge in [-0.05, 0) is 13.0 Å². The quantitative estimate of drug-likeness (QED) is 0.885. The monoisotopic (exact) mass is 281 g/mol. The molecule has 0 spiro atoms. The predicted molar refractivity (Wildman–Crippen MR) is 71.5 cm³/mol. The molecule has 4 nitrogen and oxygen atoms in total. The number of benzene rings is 1. The highest BCUT2D eigenvalue weighted by Crippen LogP contribution is 2.21. The van der Waals surface area contributed by atoms with Gasteiger partial charge < -0.3 is 14.6 Å². The summed E-state index contributed by atoms with van der Waals surface area (Å²) in [5.41, 5.74) is 0.689. The zero-order valence-corrected chi connectivity index (χ0v) is 11.4. The molecule has 1 aromatic carbocycles. The average molecular weight is 281 g/mol. The van der Waals surface area contributed by atoms with Gasteiger partial charge in [-0.25, -0.2) is 4.98 Å². The van der Waals surface area contributed by atoms with E-state index in [4.69, 9.17) is 0 Å². The molecule has 0 aliphatic heterocycles. The average Bonchev–Trinajstić information content (AvgIpc) is 2.83. The Morgan fingerprint density at radius 1 is 1.35 bits per heavy atom. The van der Waals surface area contributed by atoms with Crippen LogP contribution in [0.4, 0.5) is 8.78 Å². The molecule has 0 aliphatic carbocycles. The number of ether oxygens (including phenoxy) is 1. The van der Waals surface area contributed by atoms with Crippen LogP contribution in [0.2, 0.25) is 0 Å². The summed E-state index contributed by atoms with van der Waals surface area (Å²) in [4.78, 5) is 4.25. The topological polar surface area (TPSA) is 39.1 Å². The number of hydrogen-bond acceptors (Lipinski definition) is 3. The van der Waals surface area contributed by atoms with Gasteiger partial charge in [0.05, 0.1) is 6.04 Å². The summed E-state index contributed by atoms with van der Waals surface area (Å²) < 4.78 is 31.1. The second-order valence-electron chi connectivity index (χ2n) is 4.49. The van der Waals surface area contributed by atoms with E-state index in [2.05, 4.69) is 15.0 Å². The number of aromatic nitrogens is 2. The van der Waals surface area contributed by atoms with Crippen LogP contribution in [0.1, 0.15) is 24.4 Å². The van der Waals surface area contributed by atoms with Gasteiger partial charge in [-0.3, -0.25) is 0 Å². The molecule has 0 aliphatic rings. The Hall–Kier alpha value is -1.95. The SMILES string of the molecule is CC(NCc1ccccc1OC(F)F)c1nccn1C. The van der Waals surface area contributed by atoms with Crippen LogP contribution in [0, 0.1) is 0 Å². The van der Waals surface area contributed by atoms with Crippen LogP contribution in [-0.4, -0.2) is 16.2 Å². The molecule has 6 heteroatoms. The van der Waals surface area contributed by atoms with Crippen molar-refractivity contribution in [3.63, 3.8) is 0 Å². The van der Waals surface area contributed by atoms with E-state index >= 15 is 0 Å². The number of hydrogen-bond donors (Lipinski definition) is 1. The van der Waals surface area contributed by atoms with Gasteiger partial charge in [-0.2, -0.15) is 8.78 Å². The van der Waals surface area contributed by atoms with Crippen molar-refractivity contribution < 1.29 is 13.5 Å². The molecule has 108 valence electrons. The molecule has 0 radical (unpaired) electrons. The molecule has 1 N–H and O–H groups in total. The third-order valence-corrected chi connectivity index (χ3v) is 3.03. The van der Waals surface area contributed by atoms with Gasteiger partial charge in [0.1, 0.15) is 11.6 Å². The summed E-state index contributed by atoms with van der Waals surface area (Å²) in [5, 5.41) is 3.25. The van der Waals surface area contributed by atoms with E-state index in [0.29, 0.717) is 12.1 Å². The maximum Gasteiger partial charge on any atom is 0.387 e. The highest BCUT2D eigenvalue weighted by molar-refractivity contribution is 5.33. The number of rotatable bonds is 6. The lowest BCUT2D eigenvalue weighted by atomic mass is 10.2. The summed E-state index contributed by atoms with van der Waals surface area (Å²) >= 11 is 0. The lowest BCUT2D eigenvalue weighted by Crippen LogP contribution is -2.21. The normalized spacial score (nSPS) is 12.7. The third-order valence-electron chi connectivity index (χ3n) is 3.03. The summed E-state index contributed by atoms with van der Waals surface area (Å²) in [6, 6.07) is 6.77. The van der Waals surface area contributed by atoms with E-state index in [9.17, 15) is 8.78 Å². The van der Waals surface area contributed by atoms with Crippen molar-refractivity contribution in [2.24, 2.45) is 7.05 Å². The molecule has 1 aromatic heterocycles. The van der Waals surface area contributed by atoms with Crippen molar-refractivity contribution in [2.45, 2.75) is 26.1 Å². The molecule has 2 rings (SSSR count). The fourth-order valence-corrected chi connectivity index (χ4v) is 2.01. The molecule has 0 fully saturated rings. The lowest BCUT2D eigenvalue weighted by molar-refractivity contribution is -0.0505. The first-order chi connectivity index (χ1) is 9.58. The van der Waals surface area contributed by atoms with Crippen molar-refractivity contribution in [3.8, 4) is 5.75 Å². The molecule has 2 aromatic rings. The minimum Gasteiger partial charge on any atom is -0.434 e. The van der Waals surface area contributed by atoms with Gasteiger partial charge in [0.2, 0.25) is 0 Å². The molecule has 0 saturated carbocycles. The van der Waals surface area contributed by atoms with Crippen molar-refractivity contribution >= 4 is 0 Å². The Morgan fingerprint density at radius 2 is 2.10 bits per heavy atom. The number of aryl methyl sites for hydroxylation is 1. The van der Waals surface area contributed by atoms with Crippen LogP contribution in [0.25, 0.3) is 0 Å². The molecule has 0 amide bonds. The third kappa shape index (κ3) is 3.54. The molecule has 1 heterocycles. The number of nitrogens with zero attached hydrogens (tertiary/aromatic N) is 2. The Balaban J connectivity index is 2.02. The van der Waals surface area contributed by atoms with Crippen molar-refractivity contribution in [1.29, 1.82) is 0 Å². The van der Waals surface area contributed by atoms with Gasteiger partial charge in [-0.15, -0.1) is 0 Å². The van der Waals surface area contributed by atoms with E-state index in [1.165, 1.54) is 6.07 Å². The summed E-state index contributed by atoms with van der Waals surface area (Å²) in [6.45, 7) is -0.418. The van der Waals surface area contributed by atoms with E-state index in [1.807, 2.05) is 24.7 Å². The first-order valence-corrected chi connectivity index (χ1v) is 6.31. The Morgan fingerprint density at radius 3 is 2.75 bits per heavy atom. The van der Waals surface area contributed by atoms with Crippen LogP contribution in [0.5, 0.6) is 5.75 Å². The lowest BCUT2D eigenvalue weighted by Gasteiger charge is -2.15. The van der Waals surface area contributed by atoms with Gasteiger partial charge >= 0.3 is 6.61 Å². The molecule has 0 saturated heterocycles. The maximum atomic E-state index is 12.3. The fourth-order valence-electron chi connectivity index (χ4n) is 2.01. The number of halogens is 2. The van der Waals surface area contributed by atoms with E-state index in [1.54, 1.807) is 24.4 Å². The standard InChI is InChI=1S/C14H17F2N3O/c1-10(13-17-7-8-19(13)2)18-9-11-5-3-4-6-12(11)20-14(15)16/h3-8,10,14,18H,9H2,1-2H3. The number of para-hydroxylation sites is 1. The number of alkyl halides is 2. The summed E-state index contributed by atoms with van der Waals surface area (Å²) in [6.07, 6.45) is 3.59. The Kier molecular flexibility index (Phi) is 4.68. The largest absolute Gasteiger partial charge is 0.434 e. The van der Waals surface area contributed by atoms with E-state index < -0.39 is 6.61 Å². The highest BCUT2D eigenvalue weighted by Gasteiger charge is 2.12. The molecule has 1 unspecified atom stereocenters. The smallest absolute Gasteiger partial charge is 0.387 e. The second kappa shape index (κ2) is 6.47. The van der Waals surface area contributed by atoms with Crippen LogP contribution in [0.3, 0.4) is 0 Å². The van der Waals surface area contributed by atoms with Gasteiger partial charge in [0, 0.05) is 31.5 Å². The Labute approximate surface area is 116 Å². The fraction of sp³-hybridized carbons (Fsp3) is 0.357. The van der Waals surface area contributed by atoms with Crippen LogP contribution in [0.15, 0.2) is 36.7 Å². The first-order valence-electron chi connectivity index (χ1n) is 6.31. The van der Waals surface area contributed by atoms with Crippen LogP contribution >= 0.6 is 0 Å². The van der Waals surface area contributed by atoms with Crippen molar-refractivity contribution in [1.82, 2.24) is 14.9 Å². The first kappa shape index (κ1) is 14.5. The van der Waals surface area contributed by atoms with E-state index in [-0.39, 0.29) is 11.8 Å². The zero-order chi connectivity index (χ0) is 14.5. The van der Waals surface area contributed by atoms with Gasteiger partial charge in [0.15, 0.2) is 0 Å². The molecule has 20 heavy (non-hydrogen) atoms.